The van der Waals surface area contributed by atoms with Crippen LogP contribution in [-0.2, 0) is 11.3 Å². The molecular weight excluding hydrogens is 460 g/mol. The summed E-state index contributed by atoms with van der Waals surface area (Å²) in [5.41, 5.74) is 3.59. The van der Waals surface area contributed by atoms with Gasteiger partial charge in [-0.2, -0.15) is 0 Å². The van der Waals surface area contributed by atoms with Crippen LogP contribution in [0.25, 0.3) is 5.57 Å². The van der Waals surface area contributed by atoms with E-state index < -0.39 is 6.17 Å². The predicted molar refractivity (Wildman–Crippen MR) is 136 cm³/mol. The molecule has 6 N–H and O–H groups in total. The maximum atomic E-state index is 13.5. The van der Waals surface area contributed by atoms with E-state index >= 15 is 0 Å². The number of nitrogens with one attached hydrogen (secondary N) is 2. The lowest BCUT2D eigenvalue weighted by molar-refractivity contribution is -0.130. The Balaban J connectivity index is 1.59. The summed E-state index contributed by atoms with van der Waals surface area (Å²) in [6.45, 7) is 2.97. The molecule has 36 heavy (non-hydrogen) atoms. The van der Waals surface area contributed by atoms with E-state index in [4.69, 9.17) is 11.7 Å². The van der Waals surface area contributed by atoms with Crippen molar-refractivity contribution >= 4 is 34.7 Å². The van der Waals surface area contributed by atoms with Crippen molar-refractivity contribution in [3.05, 3.63) is 65.6 Å². The third-order valence-corrected chi connectivity index (χ3v) is 6.76. The van der Waals surface area contributed by atoms with Gasteiger partial charge in [0.05, 0.1) is 35.7 Å². The Morgan fingerprint density at radius 3 is 2.53 bits per heavy atom. The zero-order valence-corrected chi connectivity index (χ0v) is 20.1. The van der Waals surface area contributed by atoms with Crippen LogP contribution in [0, 0.1) is 0 Å². The van der Waals surface area contributed by atoms with Crippen LogP contribution >= 0.6 is 0 Å². The van der Waals surface area contributed by atoms with Gasteiger partial charge in [0.2, 0.25) is 5.91 Å². The van der Waals surface area contributed by atoms with Crippen LogP contribution in [0.15, 0.2) is 48.7 Å². The maximum Gasteiger partial charge on any atom is 0.320 e. The number of allylic oxidation sites excluding steroid dienone is 2. The number of carbonyl (C=O) groups is 3. The third-order valence-electron chi connectivity index (χ3n) is 6.76. The normalized spacial score (nSPS) is 19.0. The number of Topliss-reactive ketones (excluding diaryl/α,β-unsaturated/α-hetero) is 1. The molecule has 0 saturated carbocycles. The SMILES string of the molecule is CC(=O)N(N)C1C=C(c2c(Nc3ccccc3)c3c(n2N)CN(C(=O)N2CCCC2)CC3=O)C=CN1. The molecule has 3 amide bonds. The number of anilines is 2. The van der Waals surface area contributed by atoms with E-state index in [-0.39, 0.29) is 30.8 Å². The highest BCUT2D eigenvalue weighted by atomic mass is 16.2. The van der Waals surface area contributed by atoms with Crippen molar-refractivity contribution in [3.63, 3.8) is 0 Å². The lowest BCUT2D eigenvalue weighted by atomic mass is 10.0. The van der Waals surface area contributed by atoms with E-state index in [1.807, 2.05) is 36.4 Å². The van der Waals surface area contributed by atoms with Gasteiger partial charge in [-0.25, -0.2) is 10.6 Å². The number of benzene rings is 1. The van der Waals surface area contributed by atoms with Gasteiger partial charge in [-0.1, -0.05) is 18.2 Å². The van der Waals surface area contributed by atoms with Crippen LogP contribution in [0.1, 0.15) is 41.5 Å². The zero-order chi connectivity index (χ0) is 25.4. The first-order valence-corrected chi connectivity index (χ1v) is 12.0. The molecule has 2 aromatic rings. The Morgan fingerprint density at radius 1 is 1.11 bits per heavy atom. The number of hydrogen-bond donors (Lipinski definition) is 4. The molecule has 0 aliphatic carbocycles. The number of nitrogens with zero attached hydrogens (tertiary/aromatic N) is 4. The van der Waals surface area contributed by atoms with Crippen molar-refractivity contribution in [1.29, 1.82) is 0 Å². The minimum Gasteiger partial charge on any atom is -0.367 e. The molecule has 4 heterocycles. The summed E-state index contributed by atoms with van der Waals surface area (Å²) in [5.74, 6) is 12.1. The Morgan fingerprint density at radius 2 is 1.83 bits per heavy atom. The van der Waals surface area contributed by atoms with Crippen molar-refractivity contribution in [2.24, 2.45) is 5.84 Å². The molecule has 3 aliphatic rings. The van der Waals surface area contributed by atoms with Gasteiger partial charge in [0, 0.05) is 31.3 Å². The van der Waals surface area contributed by atoms with Crippen LogP contribution in [0.2, 0.25) is 0 Å². The molecule has 0 radical (unpaired) electrons. The second-order valence-corrected chi connectivity index (χ2v) is 9.16. The summed E-state index contributed by atoms with van der Waals surface area (Å²) in [6, 6.07) is 9.34. The Kier molecular flexibility index (Phi) is 6.15. The minimum absolute atomic E-state index is 0.0186. The van der Waals surface area contributed by atoms with Gasteiger partial charge in [-0.05, 0) is 43.3 Å². The number of dihydropyridines is 1. The molecule has 0 spiro atoms. The number of amides is 3. The quantitative estimate of drug-likeness (QED) is 0.290. The van der Waals surface area contributed by atoms with E-state index in [0.29, 0.717) is 41.3 Å². The van der Waals surface area contributed by atoms with Gasteiger partial charge in [-0.3, -0.25) is 19.3 Å². The maximum absolute atomic E-state index is 13.5. The van der Waals surface area contributed by atoms with Crippen LogP contribution in [0.5, 0.6) is 0 Å². The lowest BCUT2D eigenvalue weighted by Gasteiger charge is -2.30. The van der Waals surface area contributed by atoms with E-state index in [1.165, 1.54) is 11.6 Å². The first-order valence-electron chi connectivity index (χ1n) is 12.0. The lowest BCUT2D eigenvalue weighted by Crippen LogP contribution is -2.50. The summed E-state index contributed by atoms with van der Waals surface area (Å²) in [4.78, 5) is 41.8. The molecular formula is C25H30N8O3. The molecule has 188 valence electrons. The second kappa shape index (κ2) is 9.42. The molecule has 5 rings (SSSR count). The standard InChI is InChI=1S/C25H30N8O3/c1-16(34)32(26)21-13-17(9-10-28-21)24-23(29-18-7-3-2-4-8-18)22-19(33(24)27)14-31(15-20(22)35)25(36)30-11-5-6-12-30/h2-4,7-10,13,21,28-29H,5-6,11-12,14-15,26-27H2,1H3. The van der Waals surface area contributed by atoms with Gasteiger partial charge >= 0.3 is 6.03 Å². The summed E-state index contributed by atoms with van der Waals surface area (Å²) >= 11 is 0. The van der Waals surface area contributed by atoms with E-state index in [1.54, 1.807) is 22.1 Å². The number of aromatic nitrogens is 1. The molecule has 1 aromatic carbocycles. The average Bonchev–Trinajstić information content (AvgIpc) is 3.51. The van der Waals surface area contributed by atoms with Crippen molar-refractivity contribution in [2.45, 2.75) is 32.5 Å². The van der Waals surface area contributed by atoms with E-state index in [0.717, 1.165) is 23.5 Å². The predicted octanol–water partition coefficient (Wildman–Crippen LogP) is 1.71. The van der Waals surface area contributed by atoms with Gasteiger partial charge < -0.3 is 26.3 Å². The highest BCUT2D eigenvalue weighted by molar-refractivity contribution is 6.09. The van der Waals surface area contributed by atoms with Gasteiger partial charge in [0.25, 0.3) is 0 Å². The fourth-order valence-corrected chi connectivity index (χ4v) is 4.92. The van der Waals surface area contributed by atoms with E-state index in [2.05, 4.69) is 10.6 Å². The Bertz CT molecular complexity index is 1260. The Hall–Kier alpha value is -4.25. The van der Waals surface area contributed by atoms with Gasteiger partial charge in [0.15, 0.2) is 5.78 Å². The Labute approximate surface area is 208 Å². The molecule has 1 fully saturated rings. The fourth-order valence-electron chi connectivity index (χ4n) is 4.92. The van der Waals surface area contributed by atoms with Crippen LogP contribution < -0.4 is 22.3 Å². The molecule has 0 bridgehead atoms. The average molecular weight is 491 g/mol. The monoisotopic (exact) mass is 490 g/mol. The molecule has 1 unspecified atom stereocenters. The topological polar surface area (TPSA) is 142 Å². The molecule has 1 aromatic heterocycles. The highest BCUT2D eigenvalue weighted by Crippen LogP contribution is 2.38. The summed E-state index contributed by atoms with van der Waals surface area (Å²) in [6.07, 6.45) is 6.61. The molecule has 11 nitrogen and oxygen atoms in total. The highest BCUT2D eigenvalue weighted by Gasteiger charge is 2.37. The smallest absolute Gasteiger partial charge is 0.320 e. The molecule has 3 aliphatic heterocycles. The number of urea groups is 1. The molecule has 1 atom stereocenters. The van der Waals surface area contributed by atoms with Crippen molar-refractivity contribution in [1.82, 2.24) is 24.8 Å². The van der Waals surface area contributed by atoms with Crippen LogP contribution in [0.3, 0.4) is 0 Å². The number of hydrazine groups is 1. The summed E-state index contributed by atoms with van der Waals surface area (Å²) in [7, 11) is 0. The third kappa shape index (κ3) is 4.17. The molecule has 1 saturated heterocycles. The fraction of sp³-hybridized carbons (Fsp3) is 0.320. The number of para-hydroxylation sites is 1. The number of hydrogen-bond acceptors (Lipinski definition) is 7. The van der Waals surface area contributed by atoms with E-state index in [9.17, 15) is 14.4 Å². The summed E-state index contributed by atoms with van der Waals surface area (Å²) < 4.78 is 1.47. The van der Waals surface area contributed by atoms with Crippen molar-refractivity contribution < 1.29 is 14.4 Å². The van der Waals surface area contributed by atoms with Crippen molar-refractivity contribution in [2.75, 3.05) is 30.8 Å². The number of fused-ring (bicyclic) bond motifs is 1. The number of likely N-dealkylation sites (tertiary alicyclic amines) is 1. The number of rotatable bonds is 4. The largest absolute Gasteiger partial charge is 0.367 e. The number of carbonyl (C=O) groups excluding carboxylic acids is 3. The number of nitrogens with two attached hydrogens (primary N) is 2. The van der Waals surface area contributed by atoms with Crippen LogP contribution in [0.4, 0.5) is 16.2 Å². The molecule has 11 heteroatoms. The summed E-state index contributed by atoms with van der Waals surface area (Å²) in [5, 5.41) is 7.49. The van der Waals surface area contributed by atoms with Gasteiger partial charge in [0.1, 0.15) is 6.17 Å². The van der Waals surface area contributed by atoms with Gasteiger partial charge in [-0.15, -0.1) is 0 Å². The second-order valence-electron chi connectivity index (χ2n) is 9.16. The minimum atomic E-state index is -0.594. The first kappa shape index (κ1) is 23.5. The number of nitrogen functional groups attached to an aromatic ring is 1. The first-order chi connectivity index (χ1) is 17.3. The number of ketones is 1. The zero-order valence-electron chi connectivity index (χ0n) is 20.1. The van der Waals surface area contributed by atoms with Crippen molar-refractivity contribution in [3.8, 4) is 0 Å². The van der Waals surface area contributed by atoms with Crippen LogP contribution in [-0.4, -0.2) is 63.0 Å².